The highest BCUT2D eigenvalue weighted by Gasteiger charge is 2.45. The number of rotatable bonds is 6. The first-order chi connectivity index (χ1) is 12.5. The lowest BCUT2D eigenvalue weighted by Crippen LogP contribution is -2.47. The van der Waals surface area contributed by atoms with Gasteiger partial charge in [-0.2, -0.15) is 0 Å². The van der Waals surface area contributed by atoms with Gasteiger partial charge in [-0.15, -0.1) is 0 Å². The molecule has 0 unspecified atom stereocenters. The first kappa shape index (κ1) is 18.6. The van der Waals surface area contributed by atoms with E-state index in [9.17, 15) is 9.90 Å². The van der Waals surface area contributed by atoms with E-state index in [4.69, 9.17) is 4.74 Å². The van der Waals surface area contributed by atoms with Crippen LogP contribution >= 0.6 is 0 Å². The first-order valence-electron chi connectivity index (χ1n) is 9.43. The van der Waals surface area contributed by atoms with Gasteiger partial charge in [-0.1, -0.05) is 60.7 Å². The number of carbonyl (C=O) groups is 1. The Kier molecular flexibility index (Phi) is 5.44. The number of quaternary nitrogens is 1. The molecule has 0 amide bonds. The molecule has 3 rings (SSSR count). The second-order valence-electron chi connectivity index (χ2n) is 7.14. The summed E-state index contributed by atoms with van der Waals surface area (Å²) in [6.45, 7) is 8.26. The molecule has 0 aliphatic carbocycles. The van der Waals surface area contributed by atoms with Crippen LogP contribution in [-0.2, 0) is 15.1 Å². The summed E-state index contributed by atoms with van der Waals surface area (Å²) in [6, 6.07) is 18.1. The van der Waals surface area contributed by atoms with E-state index in [1.807, 2.05) is 36.4 Å². The van der Waals surface area contributed by atoms with Crippen LogP contribution in [0.4, 0.5) is 0 Å². The molecular formula is C22H28NO3+. The Morgan fingerprint density at radius 2 is 1.54 bits per heavy atom. The van der Waals surface area contributed by atoms with Crippen LogP contribution in [0.5, 0.6) is 0 Å². The smallest absolute Gasteiger partial charge is 0.348 e. The van der Waals surface area contributed by atoms with Gasteiger partial charge in [0.05, 0.1) is 19.6 Å². The zero-order chi connectivity index (χ0) is 18.6. The normalized spacial score (nSPS) is 19.3. The Labute approximate surface area is 155 Å². The molecule has 1 fully saturated rings. The van der Waals surface area contributed by atoms with Gasteiger partial charge in [0.15, 0.2) is 6.10 Å². The number of carbonyl (C=O) groups excluding carboxylic acids is 1. The SMILES string of the molecule is CC[N+]1(CC)CC[C@@H](OC(=O)C(O)(c2ccccc2)c2ccccc2)C1. The maximum atomic E-state index is 13.1. The van der Waals surface area contributed by atoms with Crippen LogP contribution in [0, 0.1) is 0 Å². The molecule has 0 saturated carbocycles. The van der Waals surface area contributed by atoms with Crippen molar-refractivity contribution in [3.8, 4) is 0 Å². The Morgan fingerprint density at radius 3 is 1.96 bits per heavy atom. The van der Waals surface area contributed by atoms with Crippen molar-refractivity contribution < 1.29 is 19.1 Å². The van der Waals surface area contributed by atoms with Crippen molar-refractivity contribution in [2.24, 2.45) is 0 Å². The highest BCUT2D eigenvalue weighted by Crippen LogP contribution is 2.32. The maximum absolute atomic E-state index is 13.1. The highest BCUT2D eigenvalue weighted by atomic mass is 16.6. The molecule has 4 nitrogen and oxygen atoms in total. The Bertz CT molecular complexity index is 686. The zero-order valence-corrected chi connectivity index (χ0v) is 15.6. The van der Waals surface area contributed by atoms with Crippen LogP contribution in [0.1, 0.15) is 31.4 Å². The third kappa shape index (κ3) is 3.39. The summed E-state index contributed by atoms with van der Waals surface area (Å²) in [5.74, 6) is -0.591. The molecule has 1 heterocycles. The van der Waals surface area contributed by atoms with Gasteiger partial charge in [0, 0.05) is 6.42 Å². The minimum atomic E-state index is -1.79. The molecule has 0 spiro atoms. The van der Waals surface area contributed by atoms with Gasteiger partial charge < -0.3 is 14.3 Å². The lowest BCUT2D eigenvalue weighted by molar-refractivity contribution is -0.914. The van der Waals surface area contributed by atoms with Crippen LogP contribution in [0.15, 0.2) is 60.7 Å². The highest BCUT2D eigenvalue weighted by molar-refractivity contribution is 5.85. The number of aliphatic hydroxyl groups is 1. The summed E-state index contributed by atoms with van der Waals surface area (Å²) in [7, 11) is 0. The second-order valence-corrected chi connectivity index (χ2v) is 7.14. The summed E-state index contributed by atoms with van der Waals surface area (Å²) in [4.78, 5) is 13.1. The van der Waals surface area contributed by atoms with Gasteiger partial charge in [0.1, 0.15) is 6.54 Å². The van der Waals surface area contributed by atoms with Gasteiger partial charge >= 0.3 is 5.97 Å². The fraction of sp³-hybridized carbons (Fsp3) is 0.409. The average Bonchev–Trinajstić information content (AvgIpc) is 3.12. The van der Waals surface area contributed by atoms with Crippen molar-refractivity contribution in [1.82, 2.24) is 0 Å². The molecule has 1 aliphatic rings. The minimum Gasteiger partial charge on any atom is -0.453 e. The molecule has 1 atom stereocenters. The van der Waals surface area contributed by atoms with Crippen LogP contribution in [-0.4, -0.2) is 47.8 Å². The van der Waals surface area contributed by atoms with Crippen molar-refractivity contribution in [3.63, 3.8) is 0 Å². The number of benzene rings is 2. The number of nitrogens with zero attached hydrogens (tertiary/aromatic N) is 1. The van der Waals surface area contributed by atoms with Crippen molar-refractivity contribution in [2.45, 2.75) is 32.0 Å². The van der Waals surface area contributed by atoms with E-state index in [0.717, 1.165) is 37.1 Å². The number of hydrogen-bond acceptors (Lipinski definition) is 3. The molecule has 0 bridgehead atoms. The standard InChI is InChI=1S/C22H28NO3/c1-3-23(4-2)16-15-20(17-23)26-21(24)22(25,18-11-7-5-8-12-18)19-13-9-6-10-14-19/h5-14,20,25H,3-4,15-17H2,1-2H3/q+1/t20-/m1/s1. The summed E-state index contributed by atoms with van der Waals surface area (Å²) >= 11 is 0. The number of hydrogen-bond donors (Lipinski definition) is 1. The largest absolute Gasteiger partial charge is 0.453 e. The van der Waals surface area contributed by atoms with E-state index in [2.05, 4.69) is 13.8 Å². The van der Waals surface area contributed by atoms with Gasteiger partial charge in [0.25, 0.3) is 0 Å². The van der Waals surface area contributed by atoms with Crippen molar-refractivity contribution >= 4 is 5.97 Å². The van der Waals surface area contributed by atoms with Crippen molar-refractivity contribution in [2.75, 3.05) is 26.2 Å². The monoisotopic (exact) mass is 354 g/mol. The summed E-state index contributed by atoms with van der Waals surface area (Å²) in [5, 5.41) is 11.4. The Morgan fingerprint density at radius 1 is 1.04 bits per heavy atom. The summed E-state index contributed by atoms with van der Waals surface area (Å²) in [6.07, 6.45) is 0.689. The first-order valence-corrected chi connectivity index (χ1v) is 9.43. The van der Waals surface area contributed by atoms with Crippen LogP contribution in [0.3, 0.4) is 0 Å². The average molecular weight is 354 g/mol. The van der Waals surface area contributed by atoms with Crippen LogP contribution in [0.2, 0.25) is 0 Å². The van der Waals surface area contributed by atoms with E-state index in [0.29, 0.717) is 11.1 Å². The van der Waals surface area contributed by atoms with E-state index in [-0.39, 0.29) is 6.10 Å². The zero-order valence-electron chi connectivity index (χ0n) is 15.6. The fourth-order valence-corrected chi connectivity index (χ4v) is 3.92. The molecular weight excluding hydrogens is 326 g/mol. The van der Waals surface area contributed by atoms with E-state index >= 15 is 0 Å². The number of likely N-dealkylation sites (tertiary alicyclic amines) is 1. The van der Waals surface area contributed by atoms with Gasteiger partial charge in [-0.05, 0) is 25.0 Å². The quantitative estimate of drug-likeness (QED) is 0.640. The number of ether oxygens (including phenoxy) is 1. The lowest BCUT2D eigenvalue weighted by Gasteiger charge is -2.32. The molecule has 26 heavy (non-hydrogen) atoms. The summed E-state index contributed by atoms with van der Waals surface area (Å²) < 4.78 is 6.81. The van der Waals surface area contributed by atoms with E-state index < -0.39 is 11.6 Å². The van der Waals surface area contributed by atoms with Crippen LogP contribution in [0.25, 0.3) is 0 Å². The molecule has 0 aromatic heterocycles. The topological polar surface area (TPSA) is 46.5 Å². The fourth-order valence-electron chi connectivity index (χ4n) is 3.92. The molecule has 0 radical (unpaired) electrons. The predicted octanol–water partition coefficient (Wildman–Crippen LogP) is 3.09. The summed E-state index contributed by atoms with van der Waals surface area (Å²) in [5.41, 5.74) is -0.735. The predicted molar refractivity (Wildman–Crippen MR) is 101 cm³/mol. The Hall–Kier alpha value is -2.17. The maximum Gasteiger partial charge on any atom is 0.348 e. The van der Waals surface area contributed by atoms with Crippen molar-refractivity contribution in [1.29, 1.82) is 0 Å². The molecule has 4 heteroatoms. The molecule has 2 aromatic carbocycles. The lowest BCUT2D eigenvalue weighted by atomic mass is 9.86. The molecule has 1 N–H and O–H groups in total. The van der Waals surface area contributed by atoms with Gasteiger partial charge in [-0.3, -0.25) is 0 Å². The third-order valence-corrected chi connectivity index (χ3v) is 5.81. The molecule has 1 saturated heterocycles. The molecule has 1 aliphatic heterocycles. The Balaban J connectivity index is 1.88. The minimum absolute atomic E-state index is 0.152. The number of likely N-dealkylation sites (N-methyl/N-ethyl adjacent to an activating group) is 1. The van der Waals surface area contributed by atoms with E-state index in [1.54, 1.807) is 24.3 Å². The second kappa shape index (κ2) is 7.60. The van der Waals surface area contributed by atoms with Gasteiger partial charge in [-0.25, -0.2) is 4.79 Å². The molecule has 138 valence electrons. The third-order valence-electron chi connectivity index (χ3n) is 5.81. The van der Waals surface area contributed by atoms with Crippen molar-refractivity contribution in [3.05, 3.63) is 71.8 Å². The molecule has 2 aromatic rings. The van der Waals surface area contributed by atoms with E-state index in [1.165, 1.54) is 0 Å². The number of esters is 1. The van der Waals surface area contributed by atoms with Crippen LogP contribution < -0.4 is 0 Å². The van der Waals surface area contributed by atoms with Gasteiger partial charge in [0.2, 0.25) is 5.60 Å².